The number of hydrogen-bond donors (Lipinski definition) is 0. The molecule has 1 aliphatic rings. The smallest absolute Gasteiger partial charge is 0.303 e. The Labute approximate surface area is 206 Å². The van der Waals surface area contributed by atoms with E-state index in [1.54, 1.807) is 27.0 Å². The highest BCUT2D eigenvalue weighted by molar-refractivity contribution is 6.01. The van der Waals surface area contributed by atoms with Gasteiger partial charge in [-0.3, -0.25) is 14.4 Å². The van der Waals surface area contributed by atoms with Crippen LogP contribution in [0.1, 0.15) is 39.4 Å². The summed E-state index contributed by atoms with van der Waals surface area (Å²) < 4.78 is 25.1. The van der Waals surface area contributed by atoms with Crippen molar-refractivity contribution in [3.8, 4) is 11.5 Å². The van der Waals surface area contributed by atoms with E-state index in [-0.39, 0.29) is 16.3 Å². The summed E-state index contributed by atoms with van der Waals surface area (Å²) in [6, 6.07) is 11.0. The number of fused-ring (bicyclic) bond motifs is 5. The Morgan fingerprint density at radius 1 is 1.08 bits per heavy atom. The number of para-hydroxylation sites is 1. The summed E-state index contributed by atoms with van der Waals surface area (Å²) in [6.07, 6.45) is -2.00. The Balaban J connectivity index is 1.96. The van der Waals surface area contributed by atoms with Gasteiger partial charge in [-0.15, -0.1) is 0 Å². The second-order valence-electron chi connectivity index (χ2n) is 9.42. The third-order valence-corrected chi connectivity index (χ3v) is 6.53. The quantitative estimate of drug-likeness (QED) is 0.314. The molecule has 0 radical (unpaired) electrons. The van der Waals surface area contributed by atoms with Gasteiger partial charge in [0.2, 0.25) is 5.43 Å². The van der Waals surface area contributed by atoms with Gasteiger partial charge in [0.15, 0.2) is 12.2 Å². The first-order chi connectivity index (χ1) is 17.0. The monoisotopic (exact) mass is 490 g/mol. The van der Waals surface area contributed by atoms with Gasteiger partial charge >= 0.3 is 11.9 Å². The molecule has 4 aromatic rings. The second kappa shape index (κ2) is 8.22. The van der Waals surface area contributed by atoms with Gasteiger partial charge in [-0.25, -0.2) is 4.98 Å². The number of aromatic nitrogens is 2. The summed E-state index contributed by atoms with van der Waals surface area (Å²) in [5.41, 5.74) is 1.02. The van der Waals surface area contributed by atoms with Gasteiger partial charge in [0.05, 0.1) is 34.6 Å². The van der Waals surface area contributed by atoms with Gasteiger partial charge in [0.1, 0.15) is 22.6 Å². The molecule has 2 aromatic heterocycles. The number of aryl methyl sites for hydroxylation is 1. The number of esters is 2. The summed E-state index contributed by atoms with van der Waals surface area (Å²) in [7, 11) is 3.27. The number of rotatable bonds is 3. The van der Waals surface area contributed by atoms with Gasteiger partial charge in [0.25, 0.3) is 0 Å². The standard InChI is InChI=1S/C27H26N2O7/c1-13(30)34-25-21-19(36-27(3,4)26(25)35-14(2)31)12-18(33-6)20-23(21)29(5)17-11-15-9-7-8-10-16(15)28-22(17)24(20)32/h7-12,25-26H,1-6H3/t25-,26-/m1/s1. The van der Waals surface area contributed by atoms with Crippen molar-refractivity contribution >= 4 is 44.8 Å². The van der Waals surface area contributed by atoms with Gasteiger partial charge in [-0.05, 0) is 26.0 Å². The van der Waals surface area contributed by atoms with Crippen molar-refractivity contribution in [1.29, 1.82) is 0 Å². The molecule has 0 saturated heterocycles. The normalized spacial score (nSPS) is 18.5. The molecule has 0 fully saturated rings. The lowest BCUT2D eigenvalue weighted by Crippen LogP contribution is -2.52. The molecule has 5 rings (SSSR count). The number of methoxy groups -OCH3 is 1. The zero-order chi connectivity index (χ0) is 25.9. The molecule has 0 amide bonds. The van der Waals surface area contributed by atoms with Crippen molar-refractivity contribution in [3.63, 3.8) is 0 Å². The minimum atomic E-state index is -1.05. The maximum atomic E-state index is 13.9. The van der Waals surface area contributed by atoms with E-state index in [0.717, 1.165) is 5.39 Å². The van der Waals surface area contributed by atoms with Gasteiger partial charge < -0.3 is 23.5 Å². The average Bonchev–Trinajstić information content (AvgIpc) is 2.82. The van der Waals surface area contributed by atoms with Gasteiger partial charge in [-0.1, -0.05) is 18.2 Å². The van der Waals surface area contributed by atoms with Gasteiger partial charge in [-0.2, -0.15) is 0 Å². The number of nitrogens with zero attached hydrogens (tertiary/aromatic N) is 2. The van der Waals surface area contributed by atoms with Crippen LogP contribution in [0.3, 0.4) is 0 Å². The Kier molecular flexibility index (Phi) is 5.39. The third-order valence-electron chi connectivity index (χ3n) is 6.53. The molecule has 2 aromatic carbocycles. The van der Waals surface area contributed by atoms with Crippen LogP contribution in [0, 0.1) is 0 Å². The number of carbonyl (C=O) groups is 2. The molecule has 9 nitrogen and oxygen atoms in total. The molecular weight excluding hydrogens is 464 g/mol. The second-order valence-corrected chi connectivity index (χ2v) is 9.42. The molecule has 0 N–H and O–H groups in total. The summed E-state index contributed by atoms with van der Waals surface area (Å²) >= 11 is 0. The molecule has 9 heteroatoms. The van der Waals surface area contributed by atoms with Crippen molar-refractivity contribution in [1.82, 2.24) is 9.55 Å². The number of hydrogen-bond acceptors (Lipinski definition) is 8. The topological polar surface area (TPSA) is 106 Å². The first-order valence-corrected chi connectivity index (χ1v) is 11.5. The van der Waals surface area contributed by atoms with Gasteiger partial charge in [0, 0.05) is 32.3 Å². The van der Waals surface area contributed by atoms with Crippen molar-refractivity contribution < 1.29 is 28.5 Å². The predicted octanol–water partition coefficient (Wildman–Crippen LogP) is 3.96. The molecule has 2 atom stereocenters. The zero-order valence-corrected chi connectivity index (χ0v) is 20.9. The Hall–Kier alpha value is -4.14. The number of benzene rings is 2. The van der Waals surface area contributed by atoms with E-state index < -0.39 is 29.7 Å². The zero-order valence-electron chi connectivity index (χ0n) is 20.9. The van der Waals surface area contributed by atoms with E-state index in [1.807, 2.05) is 34.9 Å². The fraction of sp³-hybridized carbons (Fsp3) is 0.333. The molecular formula is C27H26N2O7. The fourth-order valence-electron chi connectivity index (χ4n) is 5.03. The average molecular weight is 491 g/mol. The highest BCUT2D eigenvalue weighted by Crippen LogP contribution is 2.49. The molecule has 36 heavy (non-hydrogen) atoms. The highest BCUT2D eigenvalue weighted by atomic mass is 16.6. The Bertz CT molecular complexity index is 1640. The molecule has 0 saturated carbocycles. The number of pyridine rings is 2. The largest absolute Gasteiger partial charge is 0.496 e. The van der Waals surface area contributed by atoms with Crippen LogP contribution in [-0.2, 0) is 26.1 Å². The Morgan fingerprint density at radius 2 is 1.78 bits per heavy atom. The number of carbonyl (C=O) groups excluding carboxylic acids is 2. The Morgan fingerprint density at radius 3 is 2.44 bits per heavy atom. The van der Waals surface area contributed by atoms with Crippen LogP contribution in [0.15, 0.2) is 41.2 Å². The van der Waals surface area contributed by atoms with Crippen LogP contribution < -0.4 is 14.9 Å². The fourth-order valence-corrected chi connectivity index (χ4v) is 5.03. The van der Waals surface area contributed by atoms with E-state index in [0.29, 0.717) is 33.6 Å². The van der Waals surface area contributed by atoms with E-state index in [4.69, 9.17) is 18.9 Å². The van der Waals surface area contributed by atoms with Crippen LogP contribution >= 0.6 is 0 Å². The minimum absolute atomic E-state index is 0.260. The molecule has 0 bridgehead atoms. The van der Waals surface area contributed by atoms with Crippen molar-refractivity contribution in [2.45, 2.75) is 45.5 Å². The first kappa shape index (κ1) is 23.6. The molecule has 1 aliphatic heterocycles. The van der Waals surface area contributed by atoms with E-state index in [9.17, 15) is 14.4 Å². The lowest BCUT2D eigenvalue weighted by molar-refractivity contribution is -0.187. The molecule has 0 unspecified atom stereocenters. The molecule has 0 aliphatic carbocycles. The summed E-state index contributed by atoms with van der Waals surface area (Å²) in [5, 5.41) is 1.12. The van der Waals surface area contributed by atoms with E-state index >= 15 is 0 Å². The van der Waals surface area contributed by atoms with E-state index in [2.05, 4.69) is 4.98 Å². The van der Waals surface area contributed by atoms with Crippen LogP contribution in [0.25, 0.3) is 32.8 Å². The van der Waals surface area contributed by atoms with Crippen molar-refractivity contribution in [2.75, 3.05) is 7.11 Å². The molecule has 186 valence electrons. The molecule has 3 heterocycles. The summed E-state index contributed by atoms with van der Waals surface area (Å²) in [6.45, 7) is 6.05. The lowest BCUT2D eigenvalue weighted by Gasteiger charge is -2.43. The maximum absolute atomic E-state index is 13.9. The van der Waals surface area contributed by atoms with Crippen molar-refractivity contribution in [2.24, 2.45) is 7.05 Å². The van der Waals surface area contributed by atoms with Crippen LogP contribution in [0.5, 0.6) is 11.5 Å². The number of ether oxygens (including phenoxy) is 4. The summed E-state index contributed by atoms with van der Waals surface area (Å²) in [4.78, 5) is 42.8. The summed E-state index contributed by atoms with van der Waals surface area (Å²) in [5.74, 6) is -0.458. The lowest BCUT2D eigenvalue weighted by atomic mass is 9.86. The highest BCUT2D eigenvalue weighted by Gasteiger charge is 2.50. The van der Waals surface area contributed by atoms with Crippen LogP contribution in [0.4, 0.5) is 0 Å². The maximum Gasteiger partial charge on any atom is 0.303 e. The van der Waals surface area contributed by atoms with E-state index in [1.165, 1.54) is 21.0 Å². The van der Waals surface area contributed by atoms with Crippen molar-refractivity contribution in [3.05, 3.63) is 52.2 Å². The SMILES string of the molecule is COc1cc2c(c3c1c(=O)c1nc4ccccc4cc1n3C)[C@@H](OC(C)=O)[C@@H](OC(C)=O)C(C)(C)O2. The first-order valence-electron chi connectivity index (χ1n) is 11.5. The predicted molar refractivity (Wildman–Crippen MR) is 133 cm³/mol. The minimum Gasteiger partial charge on any atom is -0.496 e. The van der Waals surface area contributed by atoms with Crippen LogP contribution in [0.2, 0.25) is 0 Å². The molecule has 0 spiro atoms. The van der Waals surface area contributed by atoms with Crippen LogP contribution in [-0.4, -0.2) is 40.3 Å². The third kappa shape index (κ3) is 3.54.